The van der Waals surface area contributed by atoms with Crippen molar-refractivity contribution >= 4 is 17.2 Å². The van der Waals surface area contributed by atoms with Crippen molar-refractivity contribution in [1.29, 1.82) is 0 Å². The maximum atomic E-state index is 13.0. The molecule has 4 nitrogen and oxygen atoms in total. The molecule has 0 radical (unpaired) electrons. The van der Waals surface area contributed by atoms with Crippen molar-refractivity contribution < 1.29 is 4.79 Å². The van der Waals surface area contributed by atoms with E-state index in [1.807, 2.05) is 18.9 Å². The molecule has 5 heteroatoms. The fourth-order valence-electron chi connectivity index (χ4n) is 3.47. The number of carbonyl (C=O) groups excluding carboxylic acids is 1. The molecule has 1 aliphatic heterocycles. The zero-order chi connectivity index (χ0) is 18.1. The molecule has 0 spiro atoms. The third-order valence-electron chi connectivity index (χ3n) is 5.16. The van der Waals surface area contributed by atoms with Gasteiger partial charge in [0, 0.05) is 18.7 Å². The smallest absolute Gasteiger partial charge is 0.265 e. The van der Waals surface area contributed by atoms with E-state index in [9.17, 15) is 4.79 Å². The molecule has 1 aliphatic rings. The number of benzene rings is 1. The Morgan fingerprint density at radius 1 is 1.24 bits per heavy atom. The fourth-order valence-corrected chi connectivity index (χ4v) is 4.61. The molecule has 0 atom stereocenters. The molecule has 0 saturated carbocycles. The van der Waals surface area contributed by atoms with Crippen LogP contribution in [-0.4, -0.2) is 53.9 Å². The number of piperidine rings is 1. The van der Waals surface area contributed by atoms with Crippen molar-refractivity contribution in [3.63, 3.8) is 0 Å². The SMILES string of the molecule is Cc1ccc(-c2nc(C)c(C(=O)N(C)C3CCN(C)CC3)s2)c(C)c1. The average molecular weight is 358 g/mol. The summed E-state index contributed by atoms with van der Waals surface area (Å²) in [6.07, 6.45) is 2.08. The molecule has 1 saturated heterocycles. The van der Waals surface area contributed by atoms with Gasteiger partial charge in [-0.05, 0) is 59.3 Å². The second-order valence-electron chi connectivity index (χ2n) is 7.20. The van der Waals surface area contributed by atoms with E-state index < -0.39 is 0 Å². The van der Waals surface area contributed by atoms with Gasteiger partial charge in [-0.2, -0.15) is 0 Å². The molecular formula is C20H27N3OS. The molecular weight excluding hydrogens is 330 g/mol. The van der Waals surface area contributed by atoms with Crippen LogP contribution in [-0.2, 0) is 0 Å². The Balaban J connectivity index is 1.83. The van der Waals surface area contributed by atoms with Gasteiger partial charge in [-0.3, -0.25) is 4.79 Å². The number of thiazole rings is 1. The van der Waals surface area contributed by atoms with Crippen LogP contribution in [0.25, 0.3) is 10.6 Å². The zero-order valence-electron chi connectivity index (χ0n) is 15.8. The molecule has 2 aromatic rings. The predicted octanol–water partition coefficient (Wildman–Crippen LogP) is 3.90. The van der Waals surface area contributed by atoms with E-state index in [0.717, 1.165) is 47.1 Å². The van der Waals surface area contributed by atoms with Gasteiger partial charge in [-0.1, -0.05) is 23.8 Å². The number of hydrogen-bond donors (Lipinski definition) is 0. The van der Waals surface area contributed by atoms with Crippen LogP contribution in [0.4, 0.5) is 0 Å². The molecule has 0 bridgehead atoms. The summed E-state index contributed by atoms with van der Waals surface area (Å²) in [6.45, 7) is 8.25. The number of amides is 1. The minimum Gasteiger partial charge on any atom is -0.338 e. The number of likely N-dealkylation sites (tertiary alicyclic amines) is 1. The van der Waals surface area contributed by atoms with E-state index in [2.05, 4.69) is 44.0 Å². The van der Waals surface area contributed by atoms with E-state index in [-0.39, 0.29) is 5.91 Å². The van der Waals surface area contributed by atoms with Crippen LogP contribution in [0.1, 0.15) is 39.3 Å². The minimum atomic E-state index is 0.112. The molecule has 134 valence electrons. The third kappa shape index (κ3) is 3.77. The monoisotopic (exact) mass is 357 g/mol. The van der Waals surface area contributed by atoms with Crippen LogP contribution < -0.4 is 0 Å². The normalized spacial score (nSPS) is 16.2. The molecule has 1 amide bonds. The topological polar surface area (TPSA) is 36.4 Å². The van der Waals surface area contributed by atoms with E-state index in [1.165, 1.54) is 22.5 Å². The van der Waals surface area contributed by atoms with Gasteiger partial charge in [0.05, 0.1) is 5.69 Å². The van der Waals surface area contributed by atoms with Crippen LogP contribution in [0.15, 0.2) is 18.2 Å². The Labute approximate surface area is 154 Å². The second kappa shape index (κ2) is 7.26. The third-order valence-corrected chi connectivity index (χ3v) is 6.34. The van der Waals surface area contributed by atoms with Gasteiger partial charge in [0.25, 0.3) is 5.91 Å². The Hall–Kier alpha value is -1.72. The Kier molecular flexibility index (Phi) is 5.25. The average Bonchev–Trinajstić information content (AvgIpc) is 2.95. The van der Waals surface area contributed by atoms with Gasteiger partial charge in [0.2, 0.25) is 0 Å². The summed E-state index contributed by atoms with van der Waals surface area (Å²) in [5, 5.41) is 0.940. The highest BCUT2D eigenvalue weighted by molar-refractivity contribution is 7.17. The highest BCUT2D eigenvalue weighted by Gasteiger charge is 2.27. The lowest BCUT2D eigenvalue weighted by molar-refractivity contribution is 0.0663. The van der Waals surface area contributed by atoms with E-state index in [0.29, 0.717) is 6.04 Å². The molecule has 2 heterocycles. The van der Waals surface area contributed by atoms with Gasteiger partial charge < -0.3 is 9.80 Å². The summed E-state index contributed by atoms with van der Waals surface area (Å²) in [5.74, 6) is 0.112. The molecule has 0 aliphatic carbocycles. The summed E-state index contributed by atoms with van der Waals surface area (Å²) < 4.78 is 0. The Bertz CT molecular complexity index is 775. The maximum Gasteiger partial charge on any atom is 0.265 e. The first-order valence-electron chi connectivity index (χ1n) is 8.87. The summed E-state index contributed by atoms with van der Waals surface area (Å²) in [4.78, 5) is 22.7. The van der Waals surface area contributed by atoms with Gasteiger partial charge in [-0.25, -0.2) is 4.98 Å². The van der Waals surface area contributed by atoms with Gasteiger partial charge in [0.1, 0.15) is 9.88 Å². The van der Waals surface area contributed by atoms with E-state index >= 15 is 0 Å². The summed E-state index contributed by atoms with van der Waals surface area (Å²) >= 11 is 1.52. The van der Waals surface area contributed by atoms with Crippen LogP contribution in [0.5, 0.6) is 0 Å². The van der Waals surface area contributed by atoms with E-state index in [1.54, 1.807) is 0 Å². The number of aryl methyl sites for hydroxylation is 3. The lowest BCUT2D eigenvalue weighted by atomic mass is 10.0. The predicted molar refractivity (Wildman–Crippen MR) is 104 cm³/mol. The lowest BCUT2D eigenvalue weighted by Crippen LogP contribution is -2.44. The van der Waals surface area contributed by atoms with Crippen molar-refractivity contribution in [1.82, 2.24) is 14.8 Å². The van der Waals surface area contributed by atoms with Crippen LogP contribution in [0, 0.1) is 20.8 Å². The highest BCUT2D eigenvalue weighted by atomic mass is 32.1. The summed E-state index contributed by atoms with van der Waals surface area (Å²) in [5.41, 5.74) is 4.41. The zero-order valence-corrected chi connectivity index (χ0v) is 16.6. The van der Waals surface area contributed by atoms with Crippen molar-refractivity contribution in [3.8, 4) is 10.6 Å². The number of rotatable bonds is 3. The van der Waals surface area contributed by atoms with Crippen LogP contribution >= 0.6 is 11.3 Å². The lowest BCUT2D eigenvalue weighted by Gasteiger charge is -2.34. The fraction of sp³-hybridized carbons (Fsp3) is 0.500. The van der Waals surface area contributed by atoms with Crippen molar-refractivity contribution in [2.45, 2.75) is 39.7 Å². The number of carbonyl (C=O) groups is 1. The molecule has 1 fully saturated rings. The Morgan fingerprint density at radius 3 is 2.56 bits per heavy atom. The highest BCUT2D eigenvalue weighted by Crippen LogP contribution is 2.32. The summed E-state index contributed by atoms with van der Waals surface area (Å²) in [7, 11) is 4.08. The van der Waals surface area contributed by atoms with Gasteiger partial charge >= 0.3 is 0 Å². The molecule has 0 unspecified atom stereocenters. The largest absolute Gasteiger partial charge is 0.338 e. The number of aromatic nitrogens is 1. The Morgan fingerprint density at radius 2 is 1.92 bits per heavy atom. The number of nitrogens with zero attached hydrogens (tertiary/aromatic N) is 3. The first-order chi connectivity index (χ1) is 11.9. The van der Waals surface area contributed by atoms with Crippen molar-refractivity contribution in [2.24, 2.45) is 0 Å². The quantitative estimate of drug-likeness (QED) is 0.836. The van der Waals surface area contributed by atoms with Crippen molar-refractivity contribution in [2.75, 3.05) is 27.2 Å². The molecule has 25 heavy (non-hydrogen) atoms. The molecule has 0 N–H and O–H groups in total. The molecule has 1 aromatic carbocycles. The molecule has 1 aromatic heterocycles. The van der Waals surface area contributed by atoms with Gasteiger partial charge in [0.15, 0.2) is 0 Å². The first kappa shape index (κ1) is 18.1. The second-order valence-corrected chi connectivity index (χ2v) is 8.20. The minimum absolute atomic E-state index is 0.112. The maximum absolute atomic E-state index is 13.0. The van der Waals surface area contributed by atoms with Crippen LogP contribution in [0.3, 0.4) is 0 Å². The van der Waals surface area contributed by atoms with Gasteiger partial charge in [-0.15, -0.1) is 11.3 Å². The standard InChI is InChI=1S/C20H27N3OS/c1-13-6-7-17(14(2)12-13)19-21-15(3)18(25-19)20(24)23(5)16-8-10-22(4)11-9-16/h6-7,12,16H,8-11H2,1-5H3. The summed E-state index contributed by atoms with van der Waals surface area (Å²) in [6, 6.07) is 6.70. The van der Waals surface area contributed by atoms with Crippen LogP contribution in [0.2, 0.25) is 0 Å². The van der Waals surface area contributed by atoms with E-state index in [4.69, 9.17) is 4.98 Å². The molecule has 3 rings (SSSR count). The van der Waals surface area contributed by atoms with Crippen molar-refractivity contribution in [3.05, 3.63) is 39.9 Å². The first-order valence-corrected chi connectivity index (χ1v) is 9.69. The number of hydrogen-bond acceptors (Lipinski definition) is 4.